The molecule has 0 radical (unpaired) electrons. The van der Waals surface area contributed by atoms with Gasteiger partial charge < -0.3 is 75.7 Å². The quantitative estimate of drug-likeness (QED) is 0.0295. The summed E-state index contributed by atoms with van der Waals surface area (Å²) >= 11 is 0. The number of hydrogen-bond acceptors (Lipinski definition) is 14. The molecule has 10 amide bonds. The zero-order chi connectivity index (χ0) is 52.4. The molecule has 0 aliphatic rings. The molecule has 384 valence electrons. The van der Waals surface area contributed by atoms with E-state index in [4.69, 9.17) is 22.9 Å². The van der Waals surface area contributed by atoms with Crippen LogP contribution in [0.2, 0.25) is 0 Å². The maximum Gasteiger partial charge on any atom is 0.326 e. The van der Waals surface area contributed by atoms with Crippen molar-refractivity contribution in [1.82, 2.24) is 42.5 Å². The van der Waals surface area contributed by atoms with E-state index in [-0.39, 0.29) is 38.1 Å². The summed E-state index contributed by atoms with van der Waals surface area (Å²) in [7, 11) is 0. The lowest BCUT2D eigenvalue weighted by molar-refractivity contribution is -0.144. The van der Waals surface area contributed by atoms with Crippen molar-refractivity contribution in [3.05, 3.63) is 35.9 Å². The molecule has 0 aliphatic carbocycles. The Hall–Kier alpha value is -7.22. The molecule has 1 aromatic carbocycles. The van der Waals surface area contributed by atoms with E-state index in [1.807, 2.05) is 0 Å². The van der Waals surface area contributed by atoms with Crippen molar-refractivity contribution < 1.29 is 67.7 Å². The van der Waals surface area contributed by atoms with Crippen molar-refractivity contribution in [1.29, 1.82) is 0 Å². The third-order valence-electron chi connectivity index (χ3n) is 10.1. The predicted molar refractivity (Wildman–Crippen MR) is 245 cm³/mol. The molecule has 18 N–H and O–H groups in total. The van der Waals surface area contributed by atoms with Gasteiger partial charge in [0.1, 0.15) is 42.3 Å². The summed E-state index contributed by atoms with van der Waals surface area (Å²) in [5, 5.41) is 37.8. The molecular formula is C43H68N12O14. The first-order chi connectivity index (χ1) is 32.3. The summed E-state index contributed by atoms with van der Waals surface area (Å²) in [5.41, 5.74) is 22.6. The Labute approximate surface area is 398 Å². The first-order valence-electron chi connectivity index (χ1n) is 22.2. The Morgan fingerprint density at radius 3 is 1.54 bits per heavy atom. The molecule has 0 bridgehead atoms. The van der Waals surface area contributed by atoms with E-state index in [9.17, 15) is 67.7 Å². The first-order valence-corrected chi connectivity index (χ1v) is 22.2. The van der Waals surface area contributed by atoms with Gasteiger partial charge in [-0.3, -0.25) is 52.7 Å². The molecular weight excluding hydrogens is 909 g/mol. The highest BCUT2D eigenvalue weighted by Crippen LogP contribution is 2.09. The van der Waals surface area contributed by atoms with Gasteiger partial charge >= 0.3 is 11.9 Å². The van der Waals surface area contributed by atoms with Gasteiger partial charge in [0.25, 0.3) is 0 Å². The zero-order valence-electron chi connectivity index (χ0n) is 39.2. The van der Waals surface area contributed by atoms with Crippen LogP contribution in [0, 0.1) is 5.92 Å². The van der Waals surface area contributed by atoms with E-state index in [0.29, 0.717) is 18.4 Å². The van der Waals surface area contributed by atoms with Crippen molar-refractivity contribution in [3.63, 3.8) is 0 Å². The number of amides is 10. The number of rotatable bonds is 33. The lowest BCUT2D eigenvalue weighted by Crippen LogP contribution is -2.59. The lowest BCUT2D eigenvalue weighted by atomic mass is 10.0. The maximum absolute atomic E-state index is 13.7. The normalized spacial score (nSPS) is 14.4. The van der Waals surface area contributed by atoms with E-state index >= 15 is 0 Å². The van der Waals surface area contributed by atoms with E-state index in [0.717, 1.165) is 0 Å². The van der Waals surface area contributed by atoms with Crippen LogP contribution in [-0.2, 0) is 64.0 Å². The highest BCUT2D eigenvalue weighted by molar-refractivity contribution is 5.98. The number of unbranched alkanes of at least 4 members (excludes halogenated alkanes) is 1. The van der Waals surface area contributed by atoms with Gasteiger partial charge in [-0.1, -0.05) is 44.2 Å². The molecule has 0 saturated heterocycles. The largest absolute Gasteiger partial charge is 0.481 e. The van der Waals surface area contributed by atoms with Gasteiger partial charge in [0.05, 0.1) is 19.0 Å². The highest BCUT2D eigenvalue weighted by Gasteiger charge is 2.33. The third-order valence-corrected chi connectivity index (χ3v) is 10.1. The predicted octanol–water partition coefficient (Wildman–Crippen LogP) is -4.63. The van der Waals surface area contributed by atoms with Gasteiger partial charge in [0.15, 0.2) is 0 Å². The number of nitrogens with two attached hydrogens (primary N) is 4. The van der Waals surface area contributed by atoms with E-state index in [1.54, 1.807) is 44.2 Å². The first kappa shape index (κ1) is 59.8. The molecule has 0 heterocycles. The van der Waals surface area contributed by atoms with Crippen molar-refractivity contribution in [2.24, 2.45) is 28.9 Å². The lowest BCUT2D eigenvalue weighted by Gasteiger charge is -2.26. The van der Waals surface area contributed by atoms with Crippen LogP contribution in [0.4, 0.5) is 0 Å². The number of primary amides is 2. The van der Waals surface area contributed by atoms with E-state index in [1.165, 1.54) is 13.8 Å². The van der Waals surface area contributed by atoms with Crippen molar-refractivity contribution in [2.45, 2.75) is 140 Å². The Morgan fingerprint density at radius 1 is 0.551 bits per heavy atom. The summed E-state index contributed by atoms with van der Waals surface area (Å²) in [6, 6.07) is -2.72. The molecule has 0 fully saturated rings. The highest BCUT2D eigenvalue weighted by atomic mass is 16.4. The number of aliphatic carboxylic acids is 2. The van der Waals surface area contributed by atoms with Crippen molar-refractivity contribution in [3.8, 4) is 0 Å². The molecule has 8 atom stereocenters. The molecule has 69 heavy (non-hydrogen) atoms. The summed E-state index contributed by atoms with van der Waals surface area (Å²) in [5.74, 6) is -12.3. The van der Waals surface area contributed by atoms with Gasteiger partial charge in [-0.15, -0.1) is 0 Å². The topological polar surface area (TPSA) is 446 Å². The molecule has 0 spiro atoms. The second kappa shape index (κ2) is 30.9. The molecule has 1 rings (SSSR count). The number of benzene rings is 1. The van der Waals surface area contributed by atoms with Gasteiger partial charge in [-0.25, -0.2) is 4.79 Å². The third kappa shape index (κ3) is 24.4. The van der Waals surface area contributed by atoms with Crippen LogP contribution in [0.1, 0.15) is 91.0 Å². The minimum absolute atomic E-state index is 0.00601. The number of carbonyl (C=O) groups excluding carboxylic acids is 10. The molecule has 26 heteroatoms. The van der Waals surface area contributed by atoms with Crippen LogP contribution < -0.4 is 65.5 Å². The van der Waals surface area contributed by atoms with Gasteiger partial charge in [0.2, 0.25) is 59.1 Å². The standard InChI is InChI=1S/C43H68N12O14/c1-22(2)18-31(43(68)69)55-42(67)30(20-35(59)60)54-37(62)24(4)49-39(64)26(12-8-9-17-44)50-34(58)21-48-38(63)27(13-15-32(46)56)51-40(65)28(14-16-33(47)57)52-41(66)29(53-36(61)23(3)45)19-25-10-6-5-7-11-25/h5-7,10-11,22-24,26-31H,8-9,12-21,44-45H2,1-4H3,(H2,46,56)(H2,47,57)(H,48,63)(H,49,64)(H,50,58)(H,51,65)(H,52,66)(H,53,61)(H,54,62)(H,55,67)(H,59,60)(H,68,69)/t23-,24-,26-,27-,28-,29-,30-,31-/m0/s1. The fourth-order valence-electron chi connectivity index (χ4n) is 6.34. The molecule has 1 aromatic rings. The van der Waals surface area contributed by atoms with Crippen LogP contribution in [0.5, 0.6) is 0 Å². The average Bonchev–Trinajstić information content (AvgIpc) is 3.26. The van der Waals surface area contributed by atoms with Gasteiger partial charge in [0, 0.05) is 19.3 Å². The summed E-state index contributed by atoms with van der Waals surface area (Å²) in [4.78, 5) is 153. The monoisotopic (exact) mass is 976 g/mol. The van der Waals surface area contributed by atoms with Crippen LogP contribution in [0.3, 0.4) is 0 Å². The van der Waals surface area contributed by atoms with Crippen LogP contribution in [0.25, 0.3) is 0 Å². The summed E-state index contributed by atoms with van der Waals surface area (Å²) < 4.78 is 0. The number of carboxylic acid groups (broad SMARTS) is 2. The average molecular weight is 977 g/mol. The fourth-order valence-corrected chi connectivity index (χ4v) is 6.34. The van der Waals surface area contributed by atoms with Crippen molar-refractivity contribution >= 4 is 71.0 Å². The van der Waals surface area contributed by atoms with Crippen LogP contribution in [-0.4, -0.2) is 143 Å². The number of carboxylic acids is 2. The minimum atomic E-state index is -1.74. The number of carbonyl (C=O) groups is 12. The van der Waals surface area contributed by atoms with Crippen LogP contribution in [0.15, 0.2) is 30.3 Å². The van der Waals surface area contributed by atoms with Gasteiger partial charge in [-0.2, -0.15) is 0 Å². The van der Waals surface area contributed by atoms with E-state index in [2.05, 4.69) is 42.5 Å². The molecule has 26 nitrogen and oxygen atoms in total. The maximum atomic E-state index is 13.7. The van der Waals surface area contributed by atoms with Gasteiger partial charge in [-0.05, 0) is 70.4 Å². The fraction of sp³-hybridized carbons (Fsp3) is 0.581. The summed E-state index contributed by atoms with van der Waals surface area (Å²) in [6.07, 6.45) is -1.89. The number of hydrogen-bond donors (Lipinski definition) is 14. The molecule has 0 saturated carbocycles. The number of nitrogens with one attached hydrogen (secondary N) is 8. The van der Waals surface area contributed by atoms with E-state index < -0.39 is 152 Å². The van der Waals surface area contributed by atoms with Crippen LogP contribution >= 0.6 is 0 Å². The molecule has 0 unspecified atom stereocenters. The Morgan fingerprint density at radius 2 is 1.03 bits per heavy atom. The summed E-state index contributed by atoms with van der Waals surface area (Å²) in [6.45, 7) is 5.42. The second-order valence-corrected chi connectivity index (χ2v) is 16.7. The smallest absolute Gasteiger partial charge is 0.326 e. The molecule has 0 aliphatic heterocycles. The van der Waals surface area contributed by atoms with Crippen molar-refractivity contribution in [2.75, 3.05) is 13.1 Å². The Bertz CT molecular complexity index is 1970. The molecule has 0 aromatic heterocycles. The zero-order valence-corrected chi connectivity index (χ0v) is 39.2. The Balaban J connectivity index is 3.20. The second-order valence-electron chi connectivity index (χ2n) is 16.7. The minimum Gasteiger partial charge on any atom is -0.481 e. The Kier molecular flexibility index (Phi) is 26.8. The SMILES string of the molecule is CC(C)C[C@H](NC(=O)[C@H](CC(=O)O)NC(=O)[C@H](C)NC(=O)[C@H](CCCCN)NC(=O)CNC(=O)[C@H](CCC(N)=O)NC(=O)[C@H](CCC(N)=O)NC(=O)[C@H](Cc1ccccc1)NC(=O)[C@H](C)N)C(=O)O.